The molecule has 0 aliphatic rings. The molecule has 1 amide bonds. The van der Waals surface area contributed by atoms with Crippen molar-refractivity contribution in [2.24, 2.45) is 0 Å². The number of carbonyl (C=O) groups excluding carboxylic acids is 1. The van der Waals surface area contributed by atoms with Crippen LogP contribution in [0.25, 0.3) is 0 Å². The second-order valence-electron chi connectivity index (χ2n) is 4.13. The number of pyridine rings is 1. The predicted octanol–water partition coefficient (Wildman–Crippen LogP) is 2.16. The van der Waals surface area contributed by atoms with Gasteiger partial charge in [-0.1, -0.05) is 30.3 Å². The van der Waals surface area contributed by atoms with E-state index in [0.717, 1.165) is 5.56 Å². The highest BCUT2D eigenvalue weighted by Crippen LogP contribution is 2.11. The first-order valence-electron chi connectivity index (χ1n) is 5.87. The van der Waals surface area contributed by atoms with Crippen LogP contribution in [0.2, 0.25) is 0 Å². The normalized spacial score (nSPS) is 9.68. The number of nitriles is 1. The van der Waals surface area contributed by atoms with Crippen LogP contribution >= 0.6 is 0 Å². The zero-order chi connectivity index (χ0) is 13.7. The van der Waals surface area contributed by atoms with Crippen molar-refractivity contribution in [3.05, 3.63) is 59.8 Å². The fourth-order valence-electron chi connectivity index (χ4n) is 1.67. The van der Waals surface area contributed by atoms with E-state index in [9.17, 15) is 4.79 Å². The molecule has 0 N–H and O–H groups in total. The second-order valence-corrected chi connectivity index (χ2v) is 4.13. The first kappa shape index (κ1) is 12.8. The van der Waals surface area contributed by atoms with Crippen molar-refractivity contribution in [2.75, 3.05) is 11.9 Å². The van der Waals surface area contributed by atoms with Crippen LogP contribution < -0.4 is 4.90 Å². The van der Waals surface area contributed by atoms with Crippen molar-refractivity contribution < 1.29 is 4.79 Å². The van der Waals surface area contributed by atoms with Crippen LogP contribution in [0.1, 0.15) is 11.1 Å². The van der Waals surface area contributed by atoms with Gasteiger partial charge in [0, 0.05) is 13.2 Å². The molecular formula is C15H13N3O. The maximum Gasteiger partial charge on any atom is 0.232 e. The standard InChI is InChI=1S/C15H13N3O/c1-18(14-8-7-13(10-16)11-17-14)15(19)9-12-5-3-2-4-6-12/h2-8,11H,9H2,1H3. The molecule has 0 aliphatic heterocycles. The minimum absolute atomic E-state index is 0.0385. The lowest BCUT2D eigenvalue weighted by Gasteiger charge is -2.16. The summed E-state index contributed by atoms with van der Waals surface area (Å²) < 4.78 is 0. The Morgan fingerprint density at radius 2 is 2.00 bits per heavy atom. The number of anilines is 1. The molecule has 1 heterocycles. The first-order chi connectivity index (χ1) is 9.20. The van der Waals surface area contributed by atoms with E-state index in [4.69, 9.17) is 5.26 Å². The molecule has 0 unspecified atom stereocenters. The molecule has 0 fully saturated rings. The van der Waals surface area contributed by atoms with Crippen LogP contribution in [0.3, 0.4) is 0 Å². The molecule has 0 saturated heterocycles. The Kier molecular flexibility index (Phi) is 3.89. The summed E-state index contributed by atoms with van der Waals surface area (Å²) in [7, 11) is 1.68. The quantitative estimate of drug-likeness (QED) is 0.840. The van der Waals surface area contributed by atoms with Gasteiger partial charge in [-0.3, -0.25) is 9.69 Å². The number of likely N-dealkylation sites (N-methyl/N-ethyl adjacent to an activating group) is 1. The average molecular weight is 251 g/mol. The summed E-state index contributed by atoms with van der Waals surface area (Å²) in [5.74, 6) is 0.503. The highest BCUT2D eigenvalue weighted by Gasteiger charge is 2.12. The van der Waals surface area contributed by atoms with E-state index in [2.05, 4.69) is 4.98 Å². The van der Waals surface area contributed by atoms with Gasteiger partial charge in [0.05, 0.1) is 12.0 Å². The van der Waals surface area contributed by atoms with E-state index in [1.54, 1.807) is 19.2 Å². The van der Waals surface area contributed by atoms with Crippen LogP contribution in [0, 0.1) is 11.3 Å². The van der Waals surface area contributed by atoms with Gasteiger partial charge in [-0.2, -0.15) is 5.26 Å². The lowest BCUT2D eigenvalue weighted by atomic mass is 10.1. The summed E-state index contributed by atoms with van der Waals surface area (Å²) in [4.78, 5) is 17.7. The molecule has 94 valence electrons. The molecule has 1 aromatic heterocycles. The Labute approximate surface area is 111 Å². The summed E-state index contributed by atoms with van der Waals surface area (Å²) in [5.41, 5.74) is 1.45. The number of amides is 1. The minimum Gasteiger partial charge on any atom is -0.300 e. The van der Waals surface area contributed by atoms with Gasteiger partial charge in [-0.25, -0.2) is 4.98 Å². The molecule has 2 aromatic rings. The summed E-state index contributed by atoms with van der Waals surface area (Å²) in [6.45, 7) is 0. The number of hydrogen-bond acceptors (Lipinski definition) is 3. The van der Waals surface area contributed by atoms with Crippen molar-refractivity contribution in [2.45, 2.75) is 6.42 Å². The van der Waals surface area contributed by atoms with E-state index in [-0.39, 0.29) is 5.91 Å². The zero-order valence-corrected chi connectivity index (χ0v) is 10.6. The molecule has 1 aromatic carbocycles. The van der Waals surface area contributed by atoms with Gasteiger partial charge in [-0.15, -0.1) is 0 Å². The smallest absolute Gasteiger partial charge is 0.232 e. The Balaban J connectivity index is 2.08. The van der Waals surface area contributed by atoms with Crippen molar-refractivity contribution in [1.29, 1.82) is 5.26 Å². The summed E-state index contributed by atoms with van der Waals surface area (Å²) in [5, 5.41) is 8.70. The molecule has 0 saturated carbocycles. The Morgan fingerprint density at radius 3 is 2.58 bits per heavy atom. The number of aromatic nitrogens is 1. The third-order valence-electron chi connectivity index (χ3n) is 2.79. The van der Waals surface area contributed by atoms with Crippen molar-refractivity contribution >= 4 is 11.7 Å². The summed E-state index contributed by atoms with van der Waals surface area (Å²) in [6.07, 6.45) is 1.79. The number of nitrogens with zero attached hydrogens (tertiary/aromatic N) is 3. The lowest BCUT2D eigenvalue weighted by Crippen LogP contribution is -2.28. The maximum atomic E-state index is 12.1. The van der Waals surface area contributed by atoms with Gasteiger partial charge in [0.1, 0.15) is 11.9 Å². The van der Waals surface area contributed by atoms with E-state index < -0.39 is 0 Å². The van der Waals surface area contributed by atoms with Crippen molar-refractivity contribution in [3.8, 4) is 6.07 Å². The third-order valence-corrected chi connectivity index (χ3v) is 2.79. The SMILES string of the molecule is CN(C(=O)Cc1ccccc1)c1ccc(C#N)cn1. The maximum absolute atomic E-state index is 12.1. The molecule has 19 heavy (non-hydrogen) atoms. The Bertz CT molecular complexity index is 600. The van der Waals surface area contributed by atoms with Gasteiger partial charge in [0.15, 0.2) is 0 Å². The topological polar surface area (TPSA) is 57.0 Å². The fraction of sp³-hybridized carbons (Fsp3) is 0.133. The van der Waals surface area contributed by atoms with Crippen molar-refractivity contribution in [1.82, 2.24) is 4.98 Å². The molecule has 0 aliphatic carbocycles. The van der Waals surface area contributed by atoms with Gasteiger partial charge in [0.25, 0.3) is 0 Å². The predicted molar refractivity (Wildman–Crippen MR) is 72.5 cm³/mol. The first-order valence-corrected chi connectivity index (χ1v) is 5.87. The largest absolute Gasteiger partial charge is 0.300 e. The molecule has 2 rings (SSSR count). The number of hydrogen-bond donors (Lipinski definition) is 0. The zero-order valence-electron chi connectivity index (χ0n) is 10.6. The van der Waals surface area contributed by atoms with E-state index in [0.29, 0.717) is 17.8 Å². The van der Waals surface area contributed by atoms with Crippen LogP contribution in [0.5, 0.6) is 0 Å². The van der Waals surface area contributed by atoms with Crippen LogP contribution in [-0.2, 0) is 11.2 Å². The second kappa shape index (κ2) is 5.78. The molecule has 0 atom stereocenters. The van der Waals surface area contributed by atoms with Gasteiger partial charge >= 0.3 is 0 Å². The Hall–Kier alpha value is -2.67. The fourth-order valence-corrected chi connectivity index (χ4v) is 1.67. The van der Waals surface area contributed by atoms with Gasteiger partial charge in [0.2, 0.25) is 5.91 Å². The summed E-state index contributed by atoms with van der Waals surface area (Å²) in [6, 6.07) is 14.9. The summed E-state index contributed by atoms with van der Waals surface area (Å²) >= 11 is 0. The molecule has 0 radical (unpaired) electrons. The molecule has 0 bridgehead atoms. The molecule has 4 heteroatoms. The number of rotatable bonds is 3. The van der Waals surface area contributed by atoms with Crippen LogP contribution in [0.4, 0.5) is 5.82 Å². The number of benzene rings is 1. The highest BCUT2D eigenvalue weighted by molar-refractivity contribution is 5.93. The Morgan fingerprint density at radius 1 is 1.26 bits per heavy atom. The van der Waals surface area contributed by atoms with E-state index in [1.165, 1.54) is 11.1 Å². The highest BCUT2D eigenvalue weighted by atomic mass is 16.2. The molecule has 4 nitrogen and oxygen atoms in total. The minimum atomic E-state index is -0.0385. The van der Waals surface area contributed by atoms with E-state index >= 15 is 0 Å². The van der Waals surface area contributed by atoms with E-state index in [1.807, 2.05) is 36.4 Å². The van der Waals surface area contributed by atoms with Gasteiger partial charge in [-0.05, 0) is 17.7 Å². The average Bonchev–Trinajstić information content (AvgIpc) is 2.47. The molecular weight excluding hydrogens is 238 g/mol. The van der Waals surface area contributed by atoms with Gasteiger partial charge < -0.3 is 0 Å². The lowest BCUT2D eigenvalue weighted by molar-refractivity contribution is -0.117. The number of carbonyl (C=O) groups is 1. The van der Waals surface area contributed by atoms with Crippen LogP contribution in [-0.4, -0.2) is 17.9 Å². The van der Waals surface area contributed by atoms with Crippen molar-refractivity contribution in [3.63, 3.8) is 0 Å². The third kappa shape index (κ3) is 3.17. The van der Waals surface area contributed by atoms with Crippen LogP contribution in [0.15, 0.2) is 48.7 Å². The monoisotopic (exact) mass is 251 g/mol. The molecule has 0 spiro atoms.